The summed E-state index contributed by atoms with van der Waals surface area (Å²) >= 11 is 0. The molecule has 0 saturated heterocycles. The Hall–Kier alpha value is -2.17. The Morgan fingerprint density at radius 2 is 1.85 bits per heavy atom. The Balaban J connectivity index is 2.90. The number of imidazole rings is 1. The molecule has 0 spiro atoms. The van der Waals surface area contributed by atoms with Crippen LogP contribution in [0.25, 0.3) is 0 Å². The number of hydroxylamine groups is 1. The highest BCUT2D eigenvalue weighted by molar-refractivity contribution is 5.85. The van der Waals surface area contributed by atoms with E-state index < -0.39 is 22.1 Å². The highest BCUT2D eigenvalue weighted by Crippen LogP contribution is 2.12. The number of carbonyl (C=O) groups excluding carboxylic acids is 2. The lowest BCUT2D eigenvalue weighted by atomic mass is 10.0. The molecule has 1 aromatic heterocycles. The fourth-order valence-corrected chi connectivity index (χ4v) is 1.77. The van der Waals surface area contributed by atoms with Gasteiger partial charge in [0.15, 0.2) is 5.78 Å². The van der Waals surface area contributed by atoms with E-state index in [2.05, 4.69) is 15.8 Å². The van der Waals surface area contributed by atoms with Gasteiger partial charge in [-0.05, 0) is 46.5 Å². The van der Waals surface area contributed by atoms with Gasteiger partial charge in [0.05, 0.1) is 11.1 Å². The predicted molar refractivity (Wildman–Crippen MR) is 94.4 cm³/mol. The molecule has 0 radical (unpaired) electrons. The third-order valence-electron chi connectivity index (χ3n) is 4.27. The van der Waals surface area contributed by atoms with Crippen molar-refractivity contribution in [2.45, 2.75) is 65.3 Å². The van der Waals surface area contributed by atoms with E-state index in [-0.39, 0.29) is 30.6 Å². The van der Waals surface area contributed by atoms with Crippen LogP contribution < -0.4 is 10.8 Å². The average Bonchev–Trinajstić information content (AvgIpc) is 2.98. The Morgan fingerprint density at radius 3 is 2.35 bits per heavy atom. The quantitative estimate of drug-likeness (QED) is 0.437. The molecule has 0 aliphatic rings. The number of rotatable bonds is 11. The van der Waals surface area contributed by atoms with Gasteiger partial charge in [0, 0.05) is 6.54 Å². The van der Waals surface area contributed by atoms with Crippen LogP contribution in [0, 0.1) is 10.1 Å². The van der Waals surface area contributed by atoms with Crippen molar-refractivity contribution in [1.29, 1.82) is 0 Å². The monoisotopic (exact) mass is 369 g/mol. The van der Waals surface area contributed by atoms with E-state index in [0.29, 0.717) is 0 Å². The molecule has 0 saturated carbocycles. The minimum Gasteiger partial charge on any atom is -0.390 e. The lowest BCUT2D eigenvalue weighted by Crippen LogP contribution is -2.53. The van der Waals surface area contributed by atoms with Crippen LogP contribution in [0.3, 0.4) is 0 Å². The maximum Gasteiger partial charge on any atom is 0.434 e. The largest absolute Gasteiger partial charge is 0.434 e. The summed E-state index contributed by atoms with van der Waals surface area (Å²) in [7, 11) is 0. The van der Waals surface area contributed by atoms with Crippen LogP contribution in [0.1, 0.15) is 41.5 Å². The third kappa shape index (κ3) is 5.97. The van der Waals surface area contributed by atoms with E-state index in [1.165, 1.54) is 30.8 Å². The molecular formula is C16H27N5O5. The minimum absolute atomic E-state index is 0.0538. The van der Waals surface area contributed by atoms with Crippen molar-refractivity contribution in [1.82, 2.24) is 20.3 Å². The number of nitrogens with zero attached hydrogens (tertiary/aromatic N) is 3. The molecule has 0 aromatic carbocycles. The highest BCUT2D eigenvalue weighted by atomic mass is 16.7. The predicted octanol–water partition coefficient (Wildman–Crippen LogP) is 1.01. The number of hydrogen-bond donors (Lipinski definition) is 2. The Kier molecular flexibility index (Phi) is 7.13. The molecule has 1 unspecified atom stereocenters. The van der Waals surface area contributed by atoms with Crippen molar-refractivity contribution in [2.24, 2.45) is 0 Å². The van der Waals surface area contributed by atoms with E-state index in [0.717, 1.165) is 0 Å². The van der Waals surface area contributed by atoms with Crippen LogP contribution >= 0.6 is 0 Å². The topological polar surface area (TPSA) is 128 Å². The zero-order valence-electron chi connectivity index (χ0n) is 16.0. The zero-order chi connectivity index (χ0) is 20.1. The van der Waals surface area contributed by atoms with Gasteiger partial charge in [0.2, 0.25) is 0 Å². The number of nitro groups is 1. The van der Waals surface area contributed by atoms with Crippen LogP contribution in [0.2, 0.25) is 0 Å². The molecule has 1 atom stereocenters. The molecule has 1 aromatic rings. The number of nitrogens with one attached hydrogen (secondary N) is 2. The van der Waals surface area contributed by atoms with Gasteiger partial charge in [-0.15, -0.1) is 0 Å². The summed E-state index contributed by atoms with van der Waals surface area (Å²) < 4.78 is 1.34. The lowest BCUT2D eigenvalue weighted by Gasteiger charge is -2.29. The van der Waals surface area contributed by atoms with Gasteiger partial charge in [-0.2, -0.15) is 5.48 Å². The number of ketones is 2. The fraction of sp³-hybridized carbons (Fsp3) is 0.688. The molecule has 146 valence electrons. The van der Waals surface area contributed by atoms with E-state index in [1.54, 1.807) is 27.7 Å². The standard InChI is InChI=1S/C16H27N5O5/c1-11(22)15(3,4)18-9-13(26-19-16(5,6)12(2)23)10-20-8-7-17-14(20)21(24)25/h7-8,13,18-19H,9-10H2,1-6H3. The highest BCUT2D eigenvalue weighted by Gasteiger charge is 2.29. The first kappa shape index (κ1) is 21.9. The molecule has 0 aliphatic heterocycles. The van der Waals surface area contributed by atoms with Gasteiger partial charge < -0.3 is 15.4 Å². The van der Waals surface area contributed by atoms with Gasteiger partial charge >= 0.3 is 5.95 Å². The molecule has 26 heavy (non-hydrogen) atoms. The van der Waals surface area contributed by atoms with Gasteiger partial charge in [0.25, 0.3) is 0 Å². The molecule has 0 bridgehead atoms. The van der Waals surface area contributed by atoms with Gasteiger partial charge in [0.1, 0.15) is 30.8 Å². The van der Waals surface area contributed by atoms with E-state index in [4.69, 9.17) is 4.84 Å². The van der Waals surface area contributed by atoms with Crippen molar-refractivity contribution < 1.29 is 19.3 Å². The second-order valence-electron chi connectivity index (χ2n) is 7.22. The lowest BCUT2D eigenvalue weighted by molar-refractivity contribution is -0.397. The second kappa shape index (κ2) is 8.47. The summed E-state index contributed by atoms with van der Waals surface area (Å²) in [6.07, 6.45) is 2.20. The van der Waals surface area contributed by atoms with Gasteiger partial charge in [-0.1, -0.05) is 4.98 Å². The van der Waals surface area contributed by atoms with Gasteiger partial charge in [-0.3, -0.25) is 14.4 Å². The van der Waals surface area contributed by atoms with Crippen LogP contribution in [0.5, 0.6) is 0 Å². The van der Waals surface area contributed by atoms with Crippen LogP contribution in [-0.2, 0) is 21.0 Å². The number of hydrogen-bond acceptors (Lipinski definition) is 8. The molecule has 0 aliphatic carbocycles. The summed E-state index contributed by atoms with van der Waals surface area (Å²) in [6, 6.07) is 0. The Labute approximate surface area is 152 Å². The van der Waals surface area contributed by atoms with Crippen molar-refractivity contribution >= 4 is 17.5 Å². The molecule has 1 heterocycles. The first-order chi connectivity index (χ1) is 11.9. The number of carbonyl (C=O) groups is 2. The maximum atomic E-state index is 11.7. The molecular weight excluding hydrogens is 342 g/mol. The Bertz CT molecular complexity index is 638. The van der Waals surface area contributed by atoms with E-state index >= 15 is 0 Å². The minimum atomic E-state index is -0.921. The molecule has 10 heteroatoms. The molecule has 10 nitrogen and oxygen atoms in total. The summed E-state index contributed by atoms with van der Waals surface area (Å²) in [5.74, 6) is -0.487. The van der Waals surface area contributed by atoms with E-state index in [9.17, 15) is 19.7 Å². The summed E-state index contributed by atoms with van der Waals surface area (Å²) in [4.78, 5) is 43.1. The smallest absolute Gasteiger partial charge is 0.390 e. The first-order valence-corrected chi connectivity index (χ1v) is 8.22. The SMILES string of the molecule is CC(=O)C(C)(C)NCC(Cn1ccnc1[N+](=O)[O-])ONC(C)(C)C(C)=O. The van der Waals surface area contributed by atoms with Crippen molar-refractivity contribution in [2.75, 3.05) is 6.54 Å². The van der Waals surface area contributed by atoms with Crippen LogP contribution in [-0.4, -0.2) is 49.8 Å². The molecule has 0 fully saturated rings. The molecule has 2 N–H and O–H groups in total. The third-order valence-corrected chi connectivity index (χ3v) is 4.27. The molecule has 0 amide bonds. The Morgan fingerprint density at radius 1 is 1.27 bits per heavy atom. The fourth-order valence-electron chi connectivity index (χ4n) is 1.77. The number of aromatic nitrogens is 2. The average molecular weight is 369 g/mol. The van der Waals surface area contributed by atoms with Crippen LogP contribution in [0.4, 0.5) is 5.95 Å². The summed E-state index contributed by atoms with van der Waals surface area (Å²) in [5.41, 5.74) is 1.01. The van der Waals surface area contributed by atoms with Gasteiger partial charge in [-0.25, -0.2) is 4.57 Å². The maximum absolute atomic E-state index is 11.7. The van der Waals surface area contributed by atoms with Crippen molar-refractivity contribution in [3.8, 4) is 0 Å². The van der Waals surface area contributed by atoms with E-state index in [1.807, 2.05) is 0 Å². The molecule has 1 rings (SSSR count). The van der Waals surface area contributed by atoms with Crippen molar-refractivity contribution in [3.05, 3.63) is 22.5 Å². The summed E-state index contributed by atoms with van der Waals surface area (Å²) in [6.45, 7) is 10.0. The van der Waals surface area contributed by atoms with Crippen molar-refractivity contribution in [3.63, 3.8) is 0 Å². The number of Topliss-reactive ketones (excluding diaryl/α,β-unsaturated/α-hetero) is 2. The summed E-state index contributed by atoms with van der Waals surface area (Å²) in [5, 5.41) is 14.1. The second-order valence-corrected chi connectivity index (χ2v) is 7.22. The first-order valence-electron chi connectivity index (χ1n) is 8.22. The normalized spacial score (nSPS) is 13.5. The zero-order valence-corrected chi connectivity index (χ0v) is 16.0. The van der Waals surface area contributed by atoms with Crippen LogP contribution in [0.15, 0.2) is 12.4 Å².